The summed E-state index contributed by atoms with van der Waals surface area (Å²) in [5.41, 5.74) is 1.47. The fourth-order valence-corrected chi connectivity index (χ4v) is 4.89. The van der Waals surface area contributed by atoms with Crippen LogP contribution < -0.4 is 10.6 Å². The van der Waals surface area contributed by atoms with Gasteiger partial charge >= 0.3 is 0 Å². The number of aromatic nitrogens is 1. The molecule has 4 nitrogen and oxygen atoms in total. The molecule has 5 heterocycles. The van der Waals surface area contributed by atoms with Crippen molar-refractivity contribution in [3.8, 4) is 0 Å². The SMILES string of the molecule is CC(C)c1csc(NC2=CC[C@]3(CN4CCC3CC4)N2)n1. The second-order valence-corrected chi connectivity index (χ2v) is 7.87. The van der Waals surface area contributed by atoms with Gasteiger partial charge in [0.15, 0.2) is 5.13 Å². The minimum atomic E-state index is 0.289. The zero-order valence-corrected chi connectivity index (χ0v) is 13.7. The van der Waals surface area contributed by atoms with Gasteiger partial charge in [0.1, 0.15) is 5.82 Å². The number of thiazole rings is 1. The van der Waals surface area contributed by atoms with E-state index in [4.69, 9.17) is 0 Å². The number of rotatable bonds is 3. The van der Waals surface area contributed by atoms with Gasteiger partial charge in [-0.3, -0.25) is 0 Å². The molecule has 1 atom stereocenters. The van der Waals surface area contributed by atoms with Gasteiger partial charge in [-0.05, 0) is 50.3 Å². The third-order valence-electron chi connectivity index (χ3n) is 5.28. The summed E-state index contributed by atoms with van der Waals surface area (Å²) in [7, 11) is 0. The molecule has 114 valence electrons. The maximum atomic E-state index is 4.67. The lowest BCUT2D eigenvalue weighted by atomic mass is 9.72. The Morgan fingerprint density at radius 1 is 1.43 bits per heavy atom. The summed E-state index contributed by atoms with van der Waals surface area (Å²) in [5, 5.41) is 10.5. The number of hydrogen-bond donors (Lipinski definition) is 2. The fraction of sp³-hybridized carbons (Fsp3) is 0.688. The van der Waals surface area contributed by atoms with Crippen molar-refractivity contribution in [3.05, 3.63) is 23.0 Å². The highest BCUT2D eigenvalue weighted by Gasteiger charge is 2.48. The Hall–Kier alpha value is -1.07. The van der Waals surface area contributed by atoms with Gasteiger partial charge in [0.2, 0.25) is 0 Å². The van der Waals surface area contributed by atoms with Crippen LogP contribution >= 0.6 is 11.3 Å². The van der Waals surface area contributed by atoms with Gasteiger partial charge in [0.05, 0.1) is 11.2 Å². The predicted octanol–water partition coefficient (Wildman–Crippen LogP) is 2.98. The van der Waals surface area contributed by atoms with Gasteiger partial charge in [-0.15, -0.1) is 11.3 Å². The fourth-order valence-electron chi connectivity index (χ4n) is 4.01. The van der Waals surface area contributed by atoms with Gasteiger partial charge in [-0.1, -0.05) is 13.8 Å². The third-order valence-corrected chi connectivity index (χ3v) is 6.06. The normalized spacial score (nSPS) is 34.3. The van der Waals surface area contributed by atoms with Gasteiger partial charge in [0.25, 0.3) is 0 Å². The first-order chi connectivity index (χ1) is 10.1. The monoisotopic (exact) mass is 304 g/mol. The average Bonchev–Trinajstić information content (AvgIpc) is 3.09. The summed E-state index contributed by atoms with van der Waals surface area (Å²) in [4.78, 5) is 7.29. The van der Waals surface area contributed by atoms with Crippen LogP contribution in [0.4, 0.5) is 5.13 Å². The standard InChI is InChI=1S/C16H24N4S/c1-11(2)13-9-21-15(17-13)18-14-3-6-16(19-14)10-20-7-4-12(16)5-8-20/h3,9,11-12,19H,4-8,10H2,1-2H3,(H,17,18)/t16-/m1/s1. The largest absolute Gasteiger partial charge is 0.365 e. The molecule has 0 unspecified atom stereocenters. The third kappa shape index (κ3) is 2.36. The van der Waals surface area contributed by atoms with Crippen LogP contribution in [0.15, 0.2) is 17.3 Å². The number of nitrogens with zero attached hydrogens (tertiary/aromatic N) is 2. The number of piperidine rings is 3. The molecule has 0 aliphatic carbocycles. The molecule has 4 aliphatic rings. The van der Waals surface area contributed by atoms with Crippen molar-refractivity contribution in [3.63, 3.8) is 0 Å². The highest BCUT2D eigenvalue weighted by Crippen LogP contribution is 2.41. The van der Waals surface area contributed by atoms with E-state index in [2.05, 4.69) is 45.8 Å². The summed E-state index contributed by atoms with van der Waals surface area (Å²) in [6.07, 6.45) is 6.18. The van der Waals surface area contributed by atoms with Crippen molar-refractivity contribution < 1.29 is 0 Å². The van der Waals surface area contributed by atoms with Gasteiger partial charge in [-0.2, -0.15) is 0 Å². The molecule has 1 spiro atoms. The Labute approximate surface area is 130 Å². The van der Waals surface area contributed by atoms with Crippen LogP contribution in [0.3, 0.4) is 0 Å². The number of fused-ring (bicyclic) bond motifs is 2. The summed E-state index contributed by atoms with van der Waals surface area (Å²) in [6.45, 7) is 8.17. The van der Waals surface area contributed by atoms with Crippen LogP contribution in [-0.2, 0) is 0 Å². The Kier molecular flexibility index (Phi) is 3.23. The second kappa shape index (κ2) is 4.99. The van der Waals surface area contributed by atoms with E-state index in [1.165, 1.54) is 38.2 Å². The molecule has 0 radical (unpaired) electrons. The van der Waals surface area contributed by atoms with Crippen molar-refractivity contribution >= 4 is 16.5 Å². The van der Waals surface area contributed by atoms with E-state index in [-0.39, 0.29) is 5.54 Å². The van der Waals surface area contributed by atoms with Crippen molar-refractivity contribution in [1.82, 2.24) is 15.2 Å². The molecule has 1 aromatic rings. The Balaban J connectivity index is 1.44. The zero-order valence-electron chi connectivity index (χ0n) is 12.9. The Bertz CT molecular complexity index is 556. The van der Waals surface area contributed by atoms with Crippen LogP contribution in [-0.4, -0.2) is 35.1 Å². The highest BCUT2D eigenvalue weighted by molar-refractivity contribution is 7.13. The zero-order chi connectivity index (χ0) is 14.4. The van der Waals surface area contributed by atoms with Crippen LogP contribution in [0, 0.1) is 5.92 Å². The lowest BCUT2D eigenvalue weighted by molar-refractivity contribution is 0.0189. The van der Waals surface area contributed by atoms with Crippen LogP contribution in [0.25, 0.3) is 0 Å². The molecule has 1 aromatic heterocycles. The first kappa shape index (κ1) is 13.6. The Morgan fingerprint density at radius 3 is 2.86 bits per heavy atom. The first-order valence-corrected chi connectivity index (χ1v) is 8.96. The molecule has 5 heteroatoms. The number of hydrogen-bond acceptors (Lipinski definition) is 5. The molecule has 3 fully saturated rings. The molecule has 0 saturated carbocycles. The van der Waals surface area contributed by atoms with Crippen LogP contribution in [0.1, 0.15) is 44.7 Å². The molecular weight excluding hydrogens is 280 g/mol. The molecule has 3 saturated heterocycles. The summed E-state index contributed by atoms with van der Waals surface area (Å²) >= 11 is 1.70. The lowest BCUT2D eigenvalue weighted by Gasteiger charge is -2.52. The molecule has 5 rings (SSSR count). The first-order valence-electron chi connectivity index (χ1n) is 8.08. The Morgan fingerprint density at radius 2 is 2.24 bits per heavy atom. The van der Waals surface area contributed by atoms with Crippen molar-refractivity contribution in [2.24, 2.45) is 5.92 Å². The molecule has 0 aromatic carbocycles. The topological polar surface area (TPSA) is 40.2 Å². The van der Waals surface area contributed by atoms with E-state index in [0.29, 0.717) is 5.92 Å². The van der Waals surface area contributed by atoms with Crippen molar-refractivity contribution in [2.75, 3.05) is 25.0 Å². The van der Waals surface area contributed by atoms with Gasteiger partial charge in [0, 0.05) is 11.9 Å². The summed E-state index contributed by atoms with van der Waals surface area (Å²) < 4.78 is 0. The minimum absolute atomic E-state index is 0.289. The maximum absolute atomic E-state index is 4.67. The molecule has 21 heavy (non-hydrogen) atoms. The molecule has 0 amide bonds. The quantitative estimate of drug-likeness (QED) is 0.901. The average molecular weight is 304 g/mol. The van der Waals surface area contributed by atoms with E-state index < -0.39 is 0 Å². The van der Waals surface area contributed by atoms with Crippen molar-refractivity contribution in [2.45, 2.75) is 44.6 Å². The van der Waals surface area contributed by atoms with Crippen LogP contribution in [0.2, 0.25) is 0 Å². The summed E-state index contributed by atoms with van der Waals surface area (Å²) in [5.74, 6) is 2.49. The number of anilines is 1. The maximum Gasteiger partial charge on any atom is 0.188 e. The van der Waals surface area contributed by atoms with E-state index >= 15 is 0 Å². The molecular formula is C16H24N4S. The lowest BCUT2D eigenvalue weighted by Crippen LogP contribution is -2.64. The minimum Gasteiger partial charge on any atom is -0.365 e. The molecule has 2 bridgehead atoms. The molecule has 2 N–H and O–H groups in total. The van der Waals surface area contributed by atoms with E-state index in [1.807, 2.05) is 0 Å². The van der Waals surface area contributed by atoms with E-state index in [9.17, 15) is 0 Å². The predicted molar refractivity (Wildman–Crippen MR) is 87.6 cm³/mol. The van der Waals surface area contributed by atoms with E-state index in [1.54, 1.807) is 11.3 Å². The second-order valence-electron chi connectivity index (χ2n) is 7.01. The van der Waals surface area contributed by atoms with Crippen molar-refractivity contribution in [1.29, 1.82) is 0 Å². The highest BCUT2D eigenvalue weighted by atomic mass is 32.1. The smallest absolute Gasteiger partial charge is 0.188 e. The van der Waals surface area contributed by atoms with Gasteiger partial charge in [-0.25, -0.2) is 4.98 Å². The molecule has 4 aliphatic heterocycles. The summed E-state index contributed by atoms with van der Waals surface area (Å²) in [6, 6.07) is 0. The van der Waals surface area contributed by atoms with Crippen LogP contribution in [0.5, 0.6) is 0 Å². The van der Waals surface area contributed by atoms with E-state index in [0.717, 1.165) is 23.3 Å². The number of nitrogens with one attached hydrogen (secondary N) is 2. The van der Waals surface area contributed by atoms with Gasteiger partial charge < -0.3 is 15.5 Å².